The van der Waals surface area contributed by atoms with E-state index in [-0.39, 0.29) is 29.7 Å². The van der Waals surface area contributed by atoms with Crippen LogP contribution in [0.25, 0.3) is 10.8 Å². The largest absolute Gasteiger partial charge is 0.497 e. The third kappa shape index (κ3) is 7.97. The maximum Gasteiger partial charge on any atom is 0.490 e. The van der Waals surface area contributed by atoms with Gasteiger partial charge >= 0.3 is 12.1 Å². The number of pyridine rings is 1. The number of ether oxygens (including phenoxy) is 1. The predicted octanol–water partition coefficient (Wildman–Crippen LogP) is 4.15. The van der Waals surface area contributed by atoms with Gasteiger partial charge in [-0.1, -0.05) is 42.5 Å². The topological polar surface area (TPSA) is 167 Å². The minimum atomic E-state index is -5.08. The molecule has 1 fully saturated rings. The van der Waals surface area contributed by atoms with Crippen LogP contribution in [0.1, 0.15) is 23.2 Å². The van der Waals surface area contributed by atoms with Crippen molar-refractivity contribution >= 4 is 38.5 Å². The van der Waals surface area contributed by atoms with Crippen LogP contribution >= 0.6 is 0 Å². The number of nitrogens with zero attached hydrogens (tertiary/aromatic N) is 3. The van der Waals surface area contributed by atoms with Crippen molar-refractivity contribution in [3.05, 3.63) is 102 Å². The quantitative estimate of drug-likeness (QED) is 0.178. The summed E-state index contributed by atoms with van der Waals surface area (Å²) in [7, 11) is -2.49. The number of carbonyl (C=O) groups is 2. The highest BCUT2D eigenvalue weighted by atomic mass is 32.2. The third-order valence-corrected chi connectivity index (χ3v) is 8.99. The second-order valence-electron chi connectivity index (χ2n) is 10.2. The lowest BCUT2D eigenvalue weighted by Crippen LogP contribution is -2.44. The number of alkyl halides is 3. The number of fused-ring (bicyclic) bond motifs is 1. The molecule has 0 saturated carbocycles. The standard InChI is InChI=1S/C29H29N5O4S.C2HF3O2/c1-38-24-9-7-22-8-10-25(17-23(22)16-24)39(36,37)34(19-20-5-3-2-4-6-20)27-12-14-33(29(27)35)18-21-11-13-32-26(15-21)28(30)31;3-2(4,5)1(6)7/h2-11,13,15-17,27H,12,14,18-19H2,1H3,(H3,30,31);(H,6,7). The Labute approximate surface area is 262 Å². The summed E-state index contributed by atoms with van der Waals surface area (Å²) in [6.07, 6.45) is -3.18. The van der Waals surface area contributed by atoms with E-state index in [0.717, 1.165) is 21.9 Å². The van der Waals surface area contributed by atoms with Crippen LogP contribution in [0.2, 0.25) is 0 Å². The molecule has 1 aliphatic heterocycles. The van der Waals surface area contributed by atoms with E-state index in [0.29, 0.717) is 24.4 Å². The lowest BCUT2D eigenvalue weighted by atomic mass is 10.1. The number of aromatic nitrogens is 1. The van der Waals surface area contributed by atoms with E-state index < -0.39 is 28.2 Å². The van der Waals surface area contributed by atoms with Gasteiger partial charge in [-0.05, 0) is 64.7 Å². The summed E-state index contributed by atoms with van der Waals surface area (Å²) in [6, 6.07) is 22.3. The summed E-state index contributed by atoms with van der Waals surface area (Å²) < 4.78 is 66.6. The van der Waals surface area contributed by atoms with Crippen LogP contribution in [0, 0.1) is 5.41 Å². The second kappa shape index (κ2) is 14.0. The van der Waals surface area contributed by atoms with Crippen molar-refractivity contribution in [2.75, 3.05) is 13.7 Å². The fourth-order valence-corrected chi connectivity index (χ4v) is 6.48. The highest BCUT2D eigenvalue weighted by Gasteiger charge is 2.42. The van der Waals surface area contributed by atoms with E-state index in [1.54, 1.807) is 54.6 Å². The van der Waals surface area contributed by atoms with Gasteiger partial charge in [0, 0.05) is 25.8 Å². The van der Waals surface area contributed by atoms with Crippen LogP contribution < -0.4 is 10.5 Å². The van der Waals surface area contributed by atoms with Gasteiger partial charge in [-0.25, -0.2) is 13.2 Å². The number of carboxylic acid groups (broad SMARTS) is 1. The molecule has 4 N–H and O–H groups in total. The minimum Gasteiger partial charge on any atom is -0.497 e. The summed E-state index contributed by atoms with van der Waals surface area (Å²) in [5, 5.41) is 16.4. The molecule has 0 bridgehead atoms. The molecule has 1 aromatic heterocycles. The van der Waals surface area contributed by atoms with Gasteiger partial charge < -0.3 is 20.5 Å². The number of rotatable bonds is 9. The molecule has 0 radical (unpaired) electrons. The van der Waals surface area contributed by atoms with Crippen LogP contribution in [-0.2, 0) is 32.7 Å². The van der Waals surface area contributed by atoms with Crippen LogP contribution in [0.3, 0.4) is 0 Å². The Morgan fingerprint density at radius 1 is 1.07 bits per heavy atom. The van der Waals surface area contributed by atoms with Gasteiger partial charge in [0.05, 0.1) is 12.0 Å². The van der Waals surface area contributed by atoms with Crippen molar-refractivity contribution in [1.82, 2.24) is 14.2 Å². The van der Waals surface area contributed by atoms with Crippen LogP contribution in [0.5, 0.6) is 5.75 Å². The summed E-state index contributed by atoms with van der Waals surface area (Å²) >= 11 is 0. The van der Waals surface area contributed by atoms with Crippen LogP contribution in [-0.4, -0.2) is 71.3 Å². The number of methoxy groups -OCH3 is 1. The molecular formula is C31H30F3N5O6S. The van der Waals surface area contributed by atoms with Crippen molar-refractivity contribution < 1.29 is 41.0 Å². The molecule has 1 amide bonds. The average Bonchev–Trinajstić information content (AvgIpc) is 3.38. The first-order valence-electron chi connectivity index (χ1n) is 13.7. The minimum absolute atomic E-state index is 0.0628. The van der Waals surface area contributed by atoms with Gasteiger partial charge in [0.15, 0.2) is 0 Å². The van der Waals surface area contributed by atoms with Gasteiger partial charge in [0.1, 0.15) is 23.3 Å². The zero-order valence-corrected chi connectivity index (χ0v) is 25.3. The van der Waals surface area contributed by atoms with E-state index in [1.807, 2.05) is 42.5 Å². The number of hydrogen-bond donors (Lipinski definition) is 3. The highest BCUT2D eigenvalue weighted by Crippen LogP contribution is 2.30. The Morgan fingerprint density at radius 2 is 1.74 bits per heavy atom. The number of nitrogen functional groups attached to an aromatic ring is 1. The number of aliphatic carboxylic acids is 1. The van der Waals surface area contributed by atoms with Crippen molar-refractivity contribution in [3.63, 3.8) is 0 Å². The number of sulfonamides is 1. The zero-order valence-electron chi connectivity index (χ0n) is 24.4. The first-order valence-corrected chi connectivity index (χ1v) is 15.2. The molecule has 1 aliphatic rings. The van der Waals surface area contributed by atoms with E-state index >= 15 is 0 Å². The summed E-state index contributed by atoms with van der Waals surface area (Å²) in [4.78, 5) is 28.4. The first-order chi connectivity index (χ1) is 21.7. The molecule has 2 heterocycles. The molecule has 0 aliphatic carbocycles. The number of amidine groups is 1. The molecule has 5 rings (SSSR count). The predicted molar refractivity (Wildman–Crippen MR) is 162 cm³/mol. The molecule has 0 spiro atoms. The second-order valence-corrected chi connectivity index (χ2v) is 12.1. The fraction of sp³-hybridized carbons (Fsp3) is 0.226. The number of amides is 1. The molecule has 1 unspecified atom stereocenters. The number of halogens is 3. The molecular weight excluding hydrogens is 627 g/mol. The summed E-state index contributed by atoms with van der Waals surface area (Å²) in [5.74, 6) is -2.55. The number of likely N-dealkylation sites (tertiary alicyclic amines) is 1. The van der Waals surface area contributed by atoms with Crippen molar-refractivity contribution in [2.24, 2.45) is 5.73 Å². The molecule has 1 atom stereocenters. The zero-order chi connectivity index (χ0) is 33.6. The number of benzene rings is 3. The maximum absolute atomic E-state index is 14.1. The molecule has 1 saturated heterocycles. The first kappa shape index (κ1) is 33.9. The number of nitrogens with two attached hydrogens (primary N) is 1. The fourth-order valence-electron chi connectivity index (χ4n) is 4.84. The van der Waals surface area contributed by atoms with Crippen LogP contribution in [0.15, 0.2) is 90.0 Å². The van der Waals surface area contributed by atoms with Crippen molar-refractivity contribution in [3.8, 4) is 5.75 Å². The average molecular weight is 658 g/mol. The van der Waals surface area contributed by atoms with Gasteiger partial charge in [-0.2, -0.15) is 17.5 Å². The highest BCUT2D eigenvalue weighted by molar-refractivity contribution is 7.89. The number of nitrogens with one attached hydrogen (secondary N) is 1. The van der Waals surface area contributed by atoms with E-state index in [2.05, 4.69) is 4.98 Å². The molecule has 15 heteroatoms. The molecule has 4 aromatic rings. The van der Waals surface area contributed by atoms with E-state index in [1.165, 1.54) is 4.31 Å². The number of carboxylic acids is 1. The van der Waals surface area contributed by atoms with Gasteiger partial charge in [0.2, 0.25) is 15.9 Å². The Hall–Kier alpha value is -5.02. The molecule has 46 heavy (non-hydrogen) atoms. The van der Waals surface area contributed by atoms with E-state index in [9.17, 15) is 26.4 Å². The SMILES string of the molecule is COc1ccc2ccc(S(=O)(=O)N(Cc3ccccc3)C3CCN(Cc4ccnc(C(=N)N)c4)C3=O)cc2c1.O=C(O)C(F)(F)F. The normalized spacial score (nSPS) is 15.0. The van der Waals surface area contributed by atoms with Crippen LogP contribution in [0.4, 0.5) is 13.2 Å². The Bertz CT molecular complexity index is 1850. The van der Waals surface area contributed by atoms with Gasteiger partial charge in [-0.3, -0.25) is 15.2 Å². The lowest BCUT2D eigenvalue weighted by Gasteiger charge is -2.28. The van der Waals surface area contributed by atoms with E-state index in [4.69, 9.17) is 25.8 Å². The maximum atomic E-state index is 14.1. The molecule has 3 aromatic carbocycles. The molecule has 11 nitrogen and oxygen atoms in total. The lowest BCUT2D eigenvalue weighted by molar-refractivity contribution is -0.192. The van der Waals surface area contributed by atoms with Gasteiger partial charge in [-0.15, -0.1) is 0 Å². The Kier molecular flexibility index (Phi) is 10.3. The number of carbonyl (C=O) groups excluding carboxylic acids is 1. The summed E-state index contributed by atoms with van der Waals surface area (Å²) in [6.45, 7) is 0.734. The number of hydrogen-bond acceptors (Lipinski definition) is 7. The van der Waals surface area contributed by atoms with Crippen molar-refractivity contribution in [1.29, 1.82) is 5.41 Å². The smallest absolute Gasteiger partial charge is 0.490 e. The van der Waals surface area contributed by atoms with Crippen molar-refractivity contribution in [2.45, 2.75) is 36.6 Å². The van der Waals surface area contributed by atoms with Gasteiger partial charge in [0.25, 0.3) is 0 Å². The third-order valence-electron chi connectivity index (χ3n) is 7.14. The Morgan fingerprint density at radius 3 is 2.37 bits per heavy atom. The summed E-state index contributed by atoms with van der Waals surface area (Å²) in [5.41, 5.74) is 7.45. The Balaban J connectivity index is 0.000000617. The monoisotopic (exact) mass is 657 g/mol. The molecule has 242 valence electrons.